The SMILES string of the molecule is CCCCN(CC)C(=O)CCC(=O)N1CCN(S(=O)(=O)c2cc(C)ccc2C)CC1. The predicted octanol–water partition coefficient (Wildman–Crippen LogP) is 2.57. The first kappa shape index (κ1) is 24.3. The smallest absolute Gasteiger partial charge is 0.243 e. The monoisotopic (exact) mass is 437 g/mol. The van der Waals surface area contributed by atoms with Crippen LogP contribution in [0, 0.1) is 13.8 Å². The molecule has 0 aromatic heterocycles. The van der Waals surface area contributed by atoms with Gasteiger partial charge in [0.25, 0.3) is 0 Å². The molecule has 7 nitrogen and oxygen atoms in total. The molecule has 0 aliphatic carbocycles. The van der Waals surface area contributed by atoms with Crippen LogP contribution in [0.1, 0.15) is 50.7 Å². The molecule has 2 rings (SSSR count). The van der Waals surface area contributed by atoms with Gasteiger partial charge in [-0.25, -0.2) is 8.42 Å². The molecule has 2 amide bonds. The van der Waals surface area contributed by atoms with Crippen LogP contribution >= 0.6 is 0 Å². The van der Waals surface area contributed by atoms with Crippen LogP contribution in [0.2, 0.25) is 0 Å². The highest BCUT2D eigenvalue weighted by molar-refractivity contribution is 7.89. The zero-order chi connectivity index (χ0) is 22.3. The third-order valence-electron chi connectivity index (χ3n) is 5.62. The number of hydrogen-bond donors (Lipinski definition) is 0. The maximum Gasteiger partial charge on any atom is 0.243 e. The summed E-state index contributed by atoms with van der Waals surface area (Å²) in [7, 11) is -3.58. The van der Waals surface area contributed by atoms with Gasteiger partial charge in [-0.3, -0.25) is 9.59 Å². The normalized spacial score (nSPS) is 15.3. The van der Waals surface area contributed by atoms with Crippen molar-refractivity contribution < 1.29 is 18.0 Å². The summed E-state index contributed by atoms with van der Waals surface area (Å²) < 4.78 is 27.5. The predicted molar refractivity (Wildman–Crippen MR) is 118 cm³/mol. The Morgan fingerprint density at radius 1 is 1.03 bits per heavy atom. The molecular formula is C22H35N3O4S. The van der Waals surface area contributed by atoms with Gasteiger partial charge in [-0.15, -0.1) is 0 Å². The highest BCUT2D eigenvalue weighted by atomic mass is 32.2. The van der Waals surface area contributed by atoms with E-state index in [9.17, 15) is 18.0 Å². The molecule has 0 bridgehead atoms. The van der Waals surface area contributed by atoms with Crippen LogP contribution in [0.4, 0.5) is 0 Å². The van der Waals surface area contributed by atoms with Crippen molar-refractivity contribution in [2.24, 2.45) is 0 Å². The lowest BCUT2D eigenvalue weighted by atomic mass is 10.2. The van der Waals surface area contributed by atoms with Gasteiger partial charge >= 0.3 is 0 Å². The Morgan fingerprint density at radius 2 is 1.70 bits per heavy atom. The van der Waals surface area contributed by atoms with Gasteiger partial charge in [0.2, 0.25) is 21.8 Å². The summed E-state index contributed by atoms with van der Waals surface area (Å²) in [5.41, 5.74) is 1.62. The zero-order valence-corrected chi connectivity index (χ0v) is 19.5. The van der Waals surface area contributed by atoms with Crippen molar-refractivity contribution >= 4 is 21.8 Å². The van der Waals surface area contributed by atoms with Gasteiger partial charge in [0.05, 0.1) is 4.90 Å². The van der Waals surface area contributed by atoms with Crippen LogP contribution < -0.4 is 0 Å². The van der Waals surface area contributed by atoms with Crippen molar-refractivity contribution in [1.29, 1.82) is 0 Å². The van der Waals surface area contributed by atoms with Crippen LogP contribution in [0.25, 0.3) is 0 Å². The molecular weight excluding hydrogens is 402 g/mol. The van der Waals surface area contributed by atoms with E-state index in [1.54, 1.807) is 22.8 Å². The quantitative estimate of drug-likeness (QED) is 0.595. The van der Waals surface area contributed by atoms with Crippen LogP contribution in [0.5, 0.6) is 0 Å². The van der Waals surface area contributed by atoms with Crippen molar-refractivity contribution in [2.45, 2.75) is 58.3 Å². The van der Waals surface area contributed by atoms with Crippen molar-refractivity contribution in [2.75, 3.05) is 39.3 Å². The number of amides is 2. The Labute approximate surface area is 181 Å². The maximum absolute atomic E-state index is 13.0. The number of sulfonamides is 1. The van der Waals surface area contributed by atoms with E-state index in [0.717, 1.165) is 30.5 Å². The second-order valence-corrected chi connectivity index (χ2v) is 9.79. The Bertz CT molecular complexity index is 846. The molecule has 1 saturated heterocycles. The molecule has 1 aliphatic heterocycles. The number of nitrogens with zero attached hydrogens (tertiary/aromatic N) is 3. The molecule has 30 heavy (non-hydrogen) atoms. The lowest BCUT2D eigenvalue weighted by Crippen LogP contribution is -2.50. The fourth-order valence-corrected chi connectivity index (χ4v) is 5.37. The van der Waals surface area contributed by atoms with E-state index in [-0.39, 0.29) is 37.7 Å². The van der Waals surface area contributed by atoms with Crippen molar-refractivity contribution in [3.8, 4) is 0 Å². The first-order valence-corrected chi connectivity index (χ1v) is 12.3. The van der Waals surface area contributed by atoms with Crippen molar-refractivity contribution in [3.63, 3.8) is 0 Å². The number of carbonyl (C=O) groups is 2. The summed E-state index contributed by atoms with van der Waals surface area (Å²) in [6.07, 6.45) is 2.37. The maximum atomic E-state index is 13.0. The third-order valence-corrected chi connectivity index (χ3v) is 7.66. The van der Waals surface area contributed by atoms with Crippen LogP contribution in [0.3, 0.4) is 0 Å². The van der Waals surface area contributed by atoms with Crippen molar-refractivity contribution in [1.82, 2.24) is 14.1 Å². The minimum Gasteiger partial charge on any atom is -0.343 e. The van der Waals surface area contributed by atoms with Gasteiger partial charge in [-0.1, -0.05) is 25.5 Å². The lowest BCUT2D eigenvalue weighted by molar-refractivity contribution is -0.137. The Morgan fingerprint density at radius 3 is 2.30 bits per heavy atom. The molecule has 1 fully saturated rings. The summed E-state index contributed by atoms with van der Waals surface area (Å²) in [4.78, 5) is 28.7. The number of piperazine rings is 1. The molecule has 0 atom stereocenters. The Kier molecular flexibility index (Phi) is 8.85. The Hall–Kier alpha value is -1.93. The van der Waals surface area contributed by atoms with E-state index >= 15 is 0 Å². The third kappa shape index (κ3) is 6.04. The van der Waals surface area contributed by atoms with Gasteiger partial charge < -0.3 is 9.80 Å². The van der Waals surface area contributed by atoms with Gasteiger partial charge in [-0.2, -0.15) is 4.31 Å². The van der Waals surface area contributed by atoms with Gasteiger partial charge in [0, 0.05) is 52.1 Å². The molecule has 1 aromatic carbocycles. The van der Waals surface area contributed by atoms with E-state index < -0.39 is 10.0 Å². The number of aryl methyl sites for hydroxylation is 2. The van der Waals surface area contributed by atoms with E-state index in [0.29, 0.717) is 24.5 Å². The second kappa shape index (κ2) is 10.9. The zero-order valence-electron chi connectivity index (χ0n) is 18.7. The molecule has 168 valence electrons. The number of unbranched alkanes of at least 4 members (excludes halogenated alkanes) is 1. The highest BCUT2D eigenvalue weighted by Crippen LogP contribution is 2.22. The average Bonchev–Trinajstić information content (AvgIpc) is 2.74. The minimum atomic E-state index is -3.58. The minimum absolute atomic E-state index is 0.00966. The molecule has 0 saturated carbocycles. The number of carbonyl (C=O) groups excluding carboxylic acids is 2. The molecule has 0 unspecified atom stereocenters. The average molecular weight is 438 g/mol. The first-order valence-electron chi connectivity index (χ1n) is 10.8. The van der Waals surface area contributed by atoms with E-state index in [1.807, 2.05) is 26.0 Å². The summed E-state index contributed by atoms with van der Waals surface area (Å²) in [6.45, 7) is 10.3. The van der Waals surface area contributed by atoms with Gasteiger partial charge in [0.1, 0.15) is 0 Å². The number of hydrogen-bond acceptors (Lipinski definition) is 4. The van der Waals surface area contributed by atoms with Gasteiger partial charge in [0.15, 0.2) is 0 Å². The standard InChI is InChI=1S/C22H35N3O4S/c1-5-7-12-23(6-2)21(26)10-11-22(27)24-13-15-25(16-14-24)30(28,29)20-17-18(3)8-9-19(20)4/h8-9,17H,5-7,10-16H2,1-4H3. The van der Waals surface area contributed by atoms with E-state index in [2.05, 4.69) is 6.92 Å². The molecule has 1 aliphatic rings. The summed E-state index contributed by atoms with van der Waals surface area (Å²) in [5, 5.41) is 0. The molecule has 1 aromatic rings. The number of benzene rings is 1. The molecule has 1 heterocycles. The van der Waals surface area contributed by atoms with Crippen LogP contribution in [-0.2, 0) is 19.6 Å². The number of rotatable bonds is 9. The molecule has 0 spiro atoms. The van der Waals surface area contributed by atoms with E-state index in [1.165, 1.54) is 4.31 Å². The lowest BCUT2D eigenvalue weighted by Gasteiger charge is -2.34. The summed E-state index contributed by atoms with van der Waals surface area (Å²) in [6, 6.07) is 5.42. The topological polar surface area (TPSA) is 78.0 Å². The highest BCUT2D eigenvalue weighted by Gasteiger charge is 2.31. The largest absolute Gasteiger partial charge is 0.343 e. The fourth-order valence-electron chi connectivity index (χ4n) is 3.64. The fraction of sp³-hybridized carbons (Fsp3) is 0.636. The van der Waals surface area contributed by atoms with E-state index in [4.69, 9.17) is 0 Å². The summed E-state index contributed by atoms with van der Waals surface area (Å²) in [5.74, 6) is -0.0749. The molecule has 8 heteroatoms. The van der Waals surface area contributed by atoms with Gasteiger partial charge in [-0.05, 0) is 44.4 Å². The van der Waals surface area contributed by atoms with Crippen LogP contribution in [0.15, 0.2) is 23.1 Å². The summed E-state index contributed by atoms with van der Waals surface area (Å²) >= 11 is 0. The second-order valence-electron chi connectivity index (χ2n) is 7.88. The molecule has 0 N–H and O–H groups in total. The first-order chi connectivity index (χ1) is 14.2. The molecule has 0 radical (unpaired) electrons. The Balaban J connectivity index is 1.90. The van der Waals surface area contributed by atoms with Crippen molar-refractivity contribution in [3.05, 3.63) is 29.3 Å². The van der Waals surface area contributed by atoms with Crippen LogP contribution in [-0.4, -0.2) is 73.6 Å².